The predicted octanol–water partition coefficient (Wildman–Crippen LogP) is -2.65. The van der Waals surface area contributed by atoms with E-state index in [4.69, 9.17) is 17.2 Å². The lowest BCUT2D eigenvalue weighted by Gasteiger charge is -2.25. The quantitative estimate of drug-likeness (QED) is 0.0551. The van der Waals surface area contributed by atoms with Gasteiger partial charge in [0.05, 0.1) is 6.04 Å². The number of nitrogens with zero attached hydrogens (tertiary/aromatic N) is 1. The van der Waals surface area contributed by atoms with Gasteiger partial charge in [0.25, 0.3) is 0 Å². The number of aliphatic carboxylic acids is 1. The minimum atomic E-state index is -1.20. The Balaban J connectivity index is 2.97. The van der Waals surface area contributed by atoms with Gasteiger partial charge in [-0.2, -0.15) is 11.8 Å². The van der Waals surface area contributed by atoms with Crippen molar-refractivity contribution in [2.24, 2.45) is 22.2 Å². The summed E-state index contributed by atoms with van der Waals surface area (Å²) >= 11 is 1.43. The Hall–Kier alpha value is -3.07. The van der Waals surface area contributed by atoms with Crippen LogP contribution in [0.4, 0.5) is 0 Å². The van der Waals surface area contributed by atoms with Gasteiger partial charge in [0.1, 0.15) is 18.1 Å². The van der Waals surface area contributed by atoms with Crippen molar-refractivity contribution < 1.29 is 29.1 Å². The molecule has 0 aromatic rings. The first-order chi connectivity index (χ1) is 17.0. The summed E-state index contributed by atoms with van der Waals surface area (Å²) in [4.78, 5) is 65.3. The predicted molar refractivity (Wildman–Crippen MR) is 136 cm³/mol. The zero-order valence-corrected chi connectivity index (χ0v) is 21.3. The highest BCUT2D eigenvalue weighted by Gasteiger charge is 2.31. The average molecular weight is 531 g/mol. The van der Waals surface area contributed by atoms with Gasteiger partial charge in [0.15, 0.2) is 5.96 Å². The van der Waals surface area contributed by atoms with E-state index < -0.39 is 53.8 Å². The molecule has 4 unspecified atom stereocenters. The molecule has 14 nitrogen and oxygen atoms in total. The maximum absolute atomic E-state index is 13.1. The average Bonchev–Trinajstić information content (AvgIpc) is 3.35. The third kappa shape index (κ3) is 12.1. The first-order valence-corrected chi connectivity index (χ1v) is 13.1. The molecule has 0 spiro atoms. The van der Waals surface area contributed by atoms with Crippen molar-refractivity contribution in [2.75, 3.05) is 25.1 Å². The Labute approximate surface area is 214 Å². The van der Waals surface area contributed by atoms with Gasteiger partial charge < -0.3 is 43.6 Å². The van der Waals surface area contributed by atoms with Crippen LogP contribution in [0.15, 0.2) is 4.99 Å². The van der Waals surface area contributed by atoms with Gasteiger partial charge in [0, 0.05) is 13.0 Å². The zero-order chi connectivity index (χ0) is 27.1. The van der Waals surface area contributed by atoms with Crippen LogP contribution in [0, 0.1) is 0 Å². The largest absolute Gasteiger partial charge is 0.480 e. The number of hydrogen-bond donors (Lipinski definition) is 8. The maximum atomic E-state index is 13.1. The molecule has 1 aliphatic rings. The third-order valence-corrected chi connectivity index (χ3v) is 6.14. The molecule has 0 radical (unpaired) electrons. The van der Waals surface area contributed by atoms with Crippen molar-refractivity contribution in [3.05, 3.63) is 0 Å². The molecule has 4 amide bonds. The number of carbonyl (C=O) groups is 5. The van der Waals surface area contributed by atoms with Crippen molar-refractivity contribution in [1.29, 1.82) is 0 Å². The van der Waals surface area contributed by atoms with Gasteiger partial charge in [0.2, 0.25) is 23.6 Å². The van der Waals surface area contributed by atoms with Crippen LogP contribution in [0.25, 0.3) is 0 Å². The fraction of sp³-hybridized carbons (Fsp3) is 0.714. The highest BCUT2D eigenvalue weighted by Crippen LogP contribution is 2.08. The number of amides is 4. The monoisotopic (exact) mass is 530 g/mol. The number of hydrogen-bond acceptors (Lipinski definition) is 8. The number of nitrogens with two attached hydrogens (primary N) is 3. The van der Waals surface area contributed by atoms with Crippen molar-refractivity contribution in [3.63, 3.8) is 0 Å². The second-order valence-corrected chi connectivity index (χ2v) is 9.39. The first-order valence-electron chi connectivity index (χ1n) is 11.7. The molecule has 0 aromatic carbocycles. The number of carboxylic acids is 1. The van der Waals surface area contributed by atoms with Crippen LogP contribution in [0.1, 0.15) is 44.9 Å². The summed E-state index contributed by atoms with van der Waals surface area (Å²) < 4.78 is 0. The number of carboxylic acid groups (broad SMARTS) is 1. The van der Waals surface area contributed by atoms with Gasteiger partial charge in [-0.05, 0) is 57.1 Å². The fourth-order valence-corrected chi connectivity index (χ4v) is 4.02. The second kappa shape index (κ2) is 16.6. The van der Waals surface area contributed by atoms with Gasteiger partial charge in [-0.15, -0.1) is 0 Å². The van der Waals surface area contributed by atoms with Gasteiger partial charge in [-0.3, -0.25) is 24.2 Å². The van der Waals surface area contributed by atoms with Crippen molar-refractivity contribution in [3.8, 4) is 0 Å². The summed E-state index contributed by atoms with van der Waals surface area (Å²) in [7, 11) is 0. The zero-order valence-electron chi connectivity index (χ0n) is 20.5. The number of nitrogens with one attached hydrogen (secondary N) is 4. The van der Waals surface area contributed by atoms with Crippen LogP contribution in [0.3, 0.4) is 0 Å². The van der Waals surface area contributed by atoms with Crippen molar-refractivity contribution in [2.45, 2.75) is 69.1 Å². The second-order valence-electron chi connectivity index (χ2n) is 8.41. The minimum Gasteiger partial charge on any atom is -0.480 e. The van der Waals surface area contributed by atoms with E-state index in [1.165, 1.54) is 11.8 Å². The summed E-state index contributed by atoms with van der Waals surface area (Å²) in [5, 5.41) is 20.1. The molecule has 0 saturated carbocycles. The number of aliphatic imine (C=N–C) groups is 1. The molecule has 0 bridgehead atoms. The standard InChI is InChI=1S/C21H38N8O6S/c1-36-11-8-15(20(34)35)29-18(32)13(5-3-10-26-21(23)24)27-19(33)14(6-7-16(22)30)28-17(31)12-4-2-9-25-12/h12-15,25H,2-11H2,1H3,(H2,22,30)(H,27,33)(H,28,31)(H,29,32)(H,34,35)(H4,23,24,26). The fourth-order valence-electron chi connectivity index (χ4n) is 3.55. The molecule has 36 heavy (non-hydrogen) atoms. The highest BCUT2D eigenvalue weighted by atomic mass is 32.2. The molecule has 4 atom stereocenters. The molecule has 1 heterocycles. The Morgan fingerprint density at radius 3 is 2.17 bits per heavy atom. The molecular weight excluding hydrogens is 492 g/mol. The van der Waals surface area contributed by atoms with E-state index in [1.807, 2.05) is 6.26 Å². The summed E-state index contributed by atoms with van der Waals surface area (Å²) in [5.41, 5.74) is 15.9. The van der Waals surface area contributed by atoms with Crippen LogP contribution in [-0.4, -0.2) is 89.9 Å². The summed E-state index contributed by atoms with van der Waals surface area (Å²) in [6, 6.07) is -3.84. The van der Waals surface area contributed by atoms with Crippen LogP contribution in [-0.2, 0) is 24.0 Å². The number of thioether (sulfide) groups is 1. The van der Waals surface area contributed by atoms with Gasteiger partial charge in [-0.1, -0.05) is 0 Å². The SMILES string of the molecule is CSCCC(NC(=O)C(CCCN=C(N)N)NC(=O)C(CCC(N)=O)NC(=O)C1CCCN1)C(=O)O. The van der Waals surface area contributed by atoms with E-state index in [-0.39, 0.29) is 38.2 Å². The number of guanidine groups is 1. The molecule has 11 N–H and O–H groups in total. The molecular formula is C21H38N8O6S. The lowest BCUT2D eigenvalue weighted by Crippen LogP contribution is -2.57. The minimum absolute atomic E-state index is 0.0621. The third-order valence-electron chi connectivity index (χ3n) is 5.49. The molecule has 0 aromatic heterocycles. The summed E-state index contributed by atoms with van der Waals surface area (Å²) in [5.74, 6) is -3.25. The topological polar surface area (TPSA) is 244 Å². The van der Waals surface area contributed by atoms with Crippen molar-refractivity contribution in [1.82, 2.24) is 21.3 Å². The number of rotatable bonds is 17. The van der Waals surface area contributed by atoms with Crippen LogP contribution >= 0.6 is 11.8 Å². The first kappa shape index (κ1) is 31.0. The lowest BCUT2D eigenvalue weighted by molar-refractivity contribution is -0.142. The van der Waals surface area contributed by atoms with Crippen LogP contribution < -0.4 is 38.5 Å². The van der Waals surface area contributed by atoms with E-state index in [0.717, 1.165) is 6.42 Å². The number of carbonyl (C=O) groups excluding carboxylic acids is 4. The Kier molecular flexibility index (Phi) is 14.3. The molecule has 1 fully saturated rings. The molecule has 204 valence electrons. The molecule has 15 heteroatoms. The highest BCUT2D eigenvalue weighted by molar-refractivity contribution is 7.98. The lowest BCUT2D eigenvalue weighted by atomic mass is 10.1. The van der Waals surface area contributed by atoms with E-state index in [1.54, 1.807) is 0 Å². The Morgan fingerprint density at radius 1 is 1.00 bits per heavy atom. The summed E-state index contributed by atoms with van der Waals surface area (Å²) in [6.45, 7) is 0.863. The van der Waals surface area contributed by atoms with E-state index in [9.17, 15) is 29.1 Å². The van der Waals surface area contributed by atoms with Crippen LogP contribution in [0.5, 0.6) is 0 Å². The number of primary amides is 1. The van der Waals surface area contributed by atoms with E-state index >= 15 is 0 Å². The van der Waals surface area contributed by atoms with E-state index in [0.29, 0.717) is 25.1 Å². The van der Waals surface area contributed by atoms with Crippen molar-refractivity contribution >= 4 is 47.3 Å². The smallest absolute Gasteiger partial charge is 0.326 e. The summed E-state index contributed by atoms with van der Waals surface area (Å²) in [6.07, 6.45) is 3.62. The molecule has 1 aliphatic heterocycles. The van der Waals surface area contributed by atoms with E-state index in [2.05, 4.69) is 26.3 Å². The van der Waals surface area contributed by atoms with Crippen LogP contribution in [0.2, 0.25) is 0 Å². The Morgan fingerprint density at radius 2 is 1.64 bits per heavy atom. The maximum Gasteiger partial charge on any atom is 0.326 e. The molecule has 1 saturated heterocycles. The normalized spacial score (nSPS) is 17.3. The Bertz CT molecular complexity index is 801. The molecule has 0 aliphatic carbocycles. The molecule has 1 rings (SSSR count). The van der Waals surface area contributed by atoms with Gasteiger partial charge >= 0.3 is 5.97 Å². The van der Waals surface area contributed by atoms with Gasteiger partial charge in [-0.25, -0.2) is 4.79 Å².